The molecule has 32 heavy (non-hydrogen) atoms. The van der Waals surface area contributed by atoms with E-state index in [1.54, 1.807) is 12.3 Å². The van der Waals surface area contributed by atoms with E-state index < -0.39 is 11.7 Å². The van der Waals surface area contributed by atoms with Gasteiger partial charge in [-0.1, -0.05) is 0 Å². The maximum absolute atomic E-state index is 14.0. The van der Waals surface area contributed by atoms with Crippen molar-refractivity contribution in [1.82, 2.24) is 24.7 Å². The molecule has 0 spiro atoms. The Hall–Kier alpha value is -3.41. The van der Waals surface area contributed by atoms with Crippen LogP contribution in [-0.2, 0) is 15.5 Å². The molecule has 0 aromatic carbocycles. The van der Waals surface area contributed by atoms with Gasteiger partial charge in [0.2, 0.25) is 17.6 Å². The van der Waals surface area contributed by atoms with Gasteiger partial charge in [0.05, 0.1) is 30.2 Å². The lowest BCUT2D eigenvalue weighted by Gasteiger charge is -2.47. The van der Waals surface area contributed by atoms with Crippen LogP contribution in [0, 0.1) is 0 Å². The van der Waals surface area contributed by atoms with Gasteiger partial charge in [-0.15, -0.1) is 5.10 Å². The second-order valence-electron chi connectivity index (χ2n) is 8.00. The van der Waals surface area contributed by atoms with Gasteiger partial charge in [0, 0.05) is 51.7 Å². The number of anilines is 2. The Labute approximate surface area is 181 Å². The van der Waals surface area contributed by atoms with Crippen molar-refractivity contribution in [1.29, 1.82) is 0 Å². The Balaban J connectivity index is 1.68. The average molecular weight is 445 g/mol. The van der Waals surface area contributed by atoms with Gasteiger partial charge in [0.25, 0.3) is 0 Å². The maximum atomic E-state index is 14.0. The molecule has 168 valence electrons. The number of fused-ring (bicyclic) bond motifs is 3. The van der Waals surface area contributed by atoms with Crippen molar-refractivity contribution < 1.29 is 23.0 Å². The van der Waals surface area contributed by atoms with Crippen molar-refractivity contribution in [3.63, 3.8) is 0 Å². The second-order valence-corrected chi connectivity index (χ2v) is 8.00. The largest absolute Gasteiger partial charge is 0.481 e. The number of pyridine rings is 1. The number of carbonyl (C=O) groups excluding carboxylic acids is 1. The number of amides is 1. The van der Waals surface area contributed by atoms with Crippen molar-refractivity contribution in [2.45, 2.75) is 38.4 Å². The van der Waals surface area contributed by atoms with Crippen LogP contribution in [0.5, 0.6) is 5.88 Å². The van der Waals surface area contributed by atoms with Gasteiger partial charge in [-0.25, -0.2) is 14.6 Å². The Morgan fingerprint density at radius 2 is 2.00 bits per heavy atom. The number of hydrogen-bond acceptors (Lipinski definition) is 8. The Morgan fingerprint density at radius 3 is 2.62 bits per heavy atom. The van der Waals surface area contributed by atoms with Gasteiger partial charge in [0.1, 0.15) is 5.82 Å². The molecule has 0 saturated carbocycles. The van der Waals surface area contributed by atoms with E-state index in [0.29, 0.717) is 35.6 Å². The van der Waals surface area contributed by atoms with Crippen LogP contribution in [0.3, 0.4) is 0 Å². The normalized spacial score (nSPS) is 20.2. The molecular formula is C20H21F2N7O3. The van der Waals surface area contributed by atoms with Crippen molar-refractivity contribution >= 4 is 28.4 Å². The number of piperidine rings is 1. The number of ether oxygens (including phenoxy) is 2. The van der Waals surface area contributed by atoms with Gasteiger partial charge < -0.3 is 19.7 Å². The SMILES string of the molecule is COc1cc(-n2nc(N3CC4CC(C3)O4)c3cnc(NC(C)=O)cc32)nc(C(C)(F)F)n1. The van der Waals surface area contributed by atoms with Crippen LogP contribution in [0.25, 0.3) is 16.7 Å². The van der Waals surface area contributed by atoms with Crippen LogP contribution < -0.4 is 15.0 Å². The molecule has 6 heterocycles. The van der Waals surface area contributed by atoms with E-state index in [-0.39, 0.29) is 29.8 Å². The summed E-state index contributed by atoms with van der Waals surface area (Å²) in [6.07, 6.45) is 2.90. The molecule has 12 heteroatoms. The highest BCUT2D eigenvalue weighted by atomic mass is 19.3. The summed E-state index contributed by atoms with van der Waals surface area (Å²) in [5, 5.41) is 8.03. The molecule has 3 fully saturated rings. The van der Waals surface area contributed by atoms with Gasteiger partial charge in [-0.2, -0.15) is 13.8 Å². The van der Waals surface area contributed by atoms with E-state index in [1.165, 1.54) is 24.8 Å². The molecule has 3 aromatic heterocycles. The fourth-order valence-corrected chi connectivity index (χ4v) is 4.00. The van der Waals surface area contributed by atoms with Crippen molar-refractivity contribution in [2.75, 3.05) is 30.4 Å². The zero-order chi connectivity index (χ0) is 22.6. The molecule has 0 radical (unpaired) electrons. The molecule has 10 nitrogen and oxygen atoms in total. The monoisotopic (exact) mass is 445 g/mol. The quantitative estimate of drug-likeness (QED) is 0.637. The maximum Gasteiger partial charge on any atom is 0.304 e. The lowest BCUT2D eigenvalue weighted by Crippen LogP contribution is -2.57. The summed E-state index contributed by atoms with van der Waals surface area (Å²) in [6.45, 7) is 3.43. The van der Waals surface area contributed by atoms with Gasteiger partial charge in [-0.3, -0.25) is 4.79 Å². The minimum absolute atomic E-state index is 0.0134. The average Bonchev–Trinajstić information content (AvgIpc) is 3.11. The molecule has 0 aliphatic carbocycles. The van der Waals surface area contributed by atoms with E-state index in [4.69, 9.17) is 14.6 Å². The molecule has 1 N–H and O–H groups in total. The molecular weight excluding hydrogens is 424 g/mol. The van der Waals surface area contributed by atoms with Gasteiger partial charge >= 0.3 is 5.92 Å². The number of halogens is 2. The van der Waals surface area contributed by atoms with Crippen LogP contribution in [0.4, 0.5) is 20.4 Å². The molecule has 6 rings (SSSR count). The Kier molecular flexibility index (Phi) is 4.69. The van der Waals surface area contributed by atoms with Crippen LogP contribution in [0.15, 0.2) is 18.3 Å². The number of alkyl halides is 2. The molecule has 3 saturated heterocycles. The van der Waals surface area contributed by atoms with Gasteiger partial charge in [0.15, 0.2) is 11.6 Å². The third-order valence-corrected chi connectivity index (χ3v) is 5.42. The number of nitrogens with one attached hydrogen (secondary N) is 1. The molecule has 3 aromatic rings. The van der Waals surface area contributed by atoms with E-state index >= 15 is 0 Å². The van der Waals surface area contributed by atoms with Crippen LogP contribution in [0.2, 0.25) is 0 Å². The summed E-state index contributed by atoms with van der Waals surface area (Å²) in [5.41, 5.74) is 0.546. The van der Waals surface area contributed by atoms with E-state index in [2.05, 4.69) is 25.2 Å². The lowest BCUT2D eigenvalue weighted by molar-refractivity contribution is -0.133. The van der Waals surface area contributed by atoms with Crippen LogP contribution >= 0.6 is 0 Å². The number of rotatable bonds is 5. The molecule has 3 aliphatic heterocycles. The number of methoxy groups -OCH3 is 1. The molecule has 1 amide bonds. The van der Waals surface area contributed by atoms with E-state index in [1.807, 2.05) is 0 Å². The number of aromatic nitrogens is 5. The number of nitrogens with zero attached hydrogens (tertiary/aromatic N) is 6. The van der Waals surface area contributed by atoms with Crippen molar-refractivity contribution in [3.05, 3.63) is 24.2 Å². The Morgan fingerprint density at radius 1 is 1.28 bits per heavy atom. The molecule has 2 unspecified atom stereocenters. The standard InChI is InChI=1S/C20H21F2N7O3/c1-10(30)24-15-5-14-13(7-23-15)18(28-8-11-4-12(9-28)32-11)27-29(14)16-6-17(31-3)26-19(25-16)20(2,21)22/h5-7,11-12H,4,8-9H2,1-3H3,(H,23,24,30). The van der Waals surface area contributed by atoms with Crippen LogP contribution in [0.1, 0.15) is 26.1 Å². The lowest BCUT2D eigenvalue weighted by atomic mass is 9.99. The first-order valence-electron chi connectivity index (χ1n) is 10.1. The zero-order valence-corrected chi connectivity index (χ0v) is 17.7. The molecule has 3 aliphatic rings. The number of hydrogen-bond donors (Lipinski definition) is 1. The number of carbonyl (C=O) groups is 1. The second kappa shape index (κ2) is 7.33. The highest BCUT2D eigenvalue weighted by Gasteiger charge is 2.40. The van der Waals surface area contributed by atoms with Crippen molar-refractivity contribution in [3.8, 4) is 11.7 Å². The highest BCUT2D eigenvalue weighted by molar-refractivity contribution is 5.95. The summed E-state index contributed by atoms with van der Waals surface area (Å²) in [5.74, 6) is -3.19. The predicted molar refractivity (Wildman–Crippen MR) is 110 cm³/mol. The topological polar surface area (TPSA) is 107 Å². The van der Waals surface area contributed by atoms with E-state index in [9.17, 15) is 13.6 Å². The van der Waals surface area contributed by atoms with Gasteiger partial charge in [-0.05, 0) is 0 Å². The summed E-state index contributed by atoms with van der Waals surface area (Å²) >= 11 is 0. The van der Waals surface area contributed by atoms with E-state index in [0.717, 1.165) is 13.3 Å². The van der Waals surface area contributed by atoms with Crippen molar-refractivity contribution in [2.24, 2.45) is 0 Å². The molecule has 2 bridgehead atoms. The summed E-state index contributed by atoms with van der Waals surface area (Å²) < 4.78 is 40.4. The predicted octanol–water partition coefficient (Wildman–Crippen LogP) is 2.27. The summed E-state index contributed by atoms with van der Waals surface area (Å²) in [6, 6.07) is 3.06. The minimum Gasteiger partial charge on any atom is -0.481 e. The first-order valence-corrected chi connectivity index (χ1v) is 10.1. The smallest absolute Gasteiger partial charge is 0.304 e. The highest BCUT2D eigenvalue weighted by Crippen LogP contribution is 2.36. The fourth-order valence-electron chi connectivity index (χ4n) is 4.00. The minimum atomic E-state index is -3.27. The third-order valence-electron chi connectivity index (χ3n) is 5.42. The fraction of sp³-hybridized carbons (Fsp3) is 0.450. The first kappa shape index (κ1) is 20.5. The molecule has 2 atom stereocenters. The first-order chi connectivity index (χ1) is 15.2. The summed E-state index contributed by atoms with van der Waals surface area (Å²) in [7, 11) is 1.34. The summed E-state index contributed by atoms with van der Waals surface area (Å²) in [4.78, 5) is 25.8. The van der Waals surface area contributed by atoms with Crippen LogP contribution in [-0.4, -0.2) is 63.0 Å². The zero-order valence-electron chi connectivity index (χ0n) is 17.7. The number of morpholine rings is 1. The third kappa shape index (κ3) is 3.60. The Bertz CT molecular complexity index is 1190.